The van der Waals surface area contributed by atoms with E-state index in [2.05, 4.69) is 25.1 Å². The molecule has 0 aliphatic rings. The maximum Gasteiger partial charge on any atom is 0.266 e. The molecule has 0 atom stereocenters. The molecule has 4 aromatic heterocycles. The number of aryl methyl sites for hydroxylation is 2. The van der Waals surface area contributed by atoms with Gasteiger partial charge in [-0.15, -0.1) is 0 Å². The zero-order chi connectivity index (χ0) is 18.8. The minimum absolute atomic E-state index is 0.0892. The Morgan fingerprint density at radius 2 is 2.15 bits per heavy atom. The third-order valence-electron chi connectivity index (χ3n) is 4.15. The van der Waals surface area contributed by atoms with Gasteiger partial charge in [0, 0.05) is 37.1 Å². The summed E-state index contributed by atoms with van der Waals surface area (Å²) in [5.41, 5.74) is 0.322. The molecule has 0 saturated carbocycles. The summed E-state index contributed by atoms with van der Waals surface area (Å²) in [4.78, 5) is 35.3. The van der Waals surface area contributed by atoms with Crippen LogP contribution in [0.1, 0.15) is 11.4 Å². The fraction of sp³-hybridized carbons (Fsp3) is 0.111. The van der Waals surface area contributed by atoms with Gasteiger partial charge in [0.15, 0.2) is 5.82 Å². The standard InChI is InChI=1S/C18H13N7O2/c19-9-12-8-13-14(21-17(12)26)3-6-25(18(13)27)7-4-15-22-16(24-23-15)11-2-1-5-20-10-11/h1-3,5-6,8,10H,4,7H2,(H,21,26)(H,22,23,24). The molecule has 0 amide bonds. The number of aromatic amines is 2. The van der Waals surface area contributed by atoms with Gasteiger partial charge < -0.3 is 9.55 Å². The molecule has 4 rings (SSSR count). The smallest absolute Gasteiger partial charge is 0.266 e. The predicted molar refractivity (Wildman–Crippen MR) is 96.9 cm³/mol. The second-order valence-corrected chi connectivity index (χ2v) is 5.86. The van der Waals surface area contributed by atoms with Crippen LogP contribution in [0.5, 0.6) is 0 Å². The van der Waals surface area contributed by atoms with Gasteiger partial charge in [-0.2, -0.15) is 10.4 Å². The Balaban J connectivity index is 1.59. The molecule has 9 heteroatoms. The first-order chi connectivity index (χ1) is 13.2. The first-order valence-corrected chi connectivity index (χ1v) is 8.14. The number of rotatable bonds is 4. The quantitative estimate of drug-likeness (QED) is 0.558. The molecule has 2 N–H and O–H groups in total. The zero-order valence-electron chi connectivity index (χ0n) is 14.0. The molecular weight excluding hydrogens is 346 g/mol. The summed E-state index contributed by atoms with van der Waals surface area (Å²) in [6.45, 7) is 0.372. The number of aromatic nitrogens is 6. The molecule has 27 heavy (non-hydrogen) atoms. The molecule has 0 radical (unpaired) electrons. The molecule has 4 aromatic rings. The van der Waals surface area contributed by atoms with Crippen molar-refractivity contribution in [2.45, 2.75) is 13.0 Å². The molecule has 0 aliphatic heterocycles. The van der Waals surface area contributed by atoms with Crippen molar-refractivity contribution in [1.82, 2.24) is 29.7 Å². The fourth-order valence-corrected chi connectivity index (χ4v) is 2.76. The second kappa shape index (κ2) is 6.68. The SMILES string of the molecule is N#Cc1cc2c(=O)n(CCc3nc(-c4cccnc4)n[nH]3)ccc2[nH]c1=O. The van der Waals surface area contributed by atoms with E-state index in [1.165, 1.54) is 10.6 Å². The zero-order valence-corrected chi connectivity index (χ0v) is 14.0. The third-order valence-corrected chi connectivity index (χ3v) is 4.15. The van der Waals surface area contributed by atoms with E-state index in [0.717, 1.165) is 5.56 Å². The third kappa shape index (κ3) is 3.11. The minimum atomic E-state index is -0.508. The lowest BCUT2D eigenvalue weighted by Gasteiger charge is -2.06. The van der Waals surface area contributed by atoms with E-state index in [0.29, 0.717) is 35.5 Å². The lowest BCUT2D eigenvalue weighted by Crippen LogP contribution is -2.23. The highest BCUT2D eigenvalue weighted by Crippen LogP contribution is 2.12. The number of H-pyrrole nitrogens is 2. The van der Waals surface area contributed by atoms with Crippen molar-refractivity contribution >= 4 is 10.9 Å². The normalized spacial score (nSPS) is 10.8. The van der Waals surface area contributed by atoms with Crippen LogP contribution in [0, 0.1) is 11.3 Å². The fourth-order valence-electron chi connectivity index (χ4n) is 2.76. The molecule has 0 aliphatic carbocycles. The van der Waals surface area contributed by atoms with Crippen LogP contribution in [-0.4, -0.2) is 29.7 Å². The highest BCUT2D eigenvalue weighted by molar-refractivity contribution is 5.78. The first-order valence-electron chi connectivity index (χ1n) is 8.14. The molecule has 4 heterocycles. The Kier molecular flexibility index (Phi) is 4.06. The number of pyridine rings is 3. The Morgan fingerprint density at radius 3 is 2.93 bits per heavy atom. The van der Waals surface area contributed by atoms with E-state index >= 15 is 0 Å². The van der Waals surface area contributed by atoms with E-state index in [9.17, 15) is 9.59 Å². The van der Waals surface area contributed by atoms with Gasteiger partial charge in [-0.05, 0) is 24.3 Å². The summed E-state index contributed by atoms with van der Waals surface area (Å²) in [6.07, 6.45) is 5.42. The highest BCUT2D eigenvalue weighted by atomic mass is 16.1. The van der Waals surface area contributed by atoms with Crippen molar-refractivity contribution in [3.63, 3.8) is 0 Å². The summed E-state index contributed by atoms with van der Waals surface area (Å²) >= 11 is 0. The van der Waals surface area contributed by atoms with Crippen molar-refractivity contribution in [2.24, 2.45) is 0 Å². The van der Waals surface area contributed by atoms with Crippen molar-refractivity contribution in [3.8, 4) is 17.5 Å². The average Bonchev–Trinajstić information content (AvgIpc) is 3.17. The van der Waals surface area contributed by atoms with Gasteiger partial charge in [0.05, 0.1) is 10.9 Å². The molecule has 0 spiro atoms. The van der Waals surface area contributed by atoms with Crippen molar-refractivity contribution in [2.75, 3.05) is 0 Å². The van der Waals surface area contributed by atoms with Gasteiger partial charge >= 0.3 is 0 Å². The van der Waals surface area contributed by atoms with Gasteiger partial charge in [-0.25, -0.2) is 4.98 Å². The van der Waals surface area contributed by atoms with E-state index in [-0.39, 0.29) is 11.1 Å². The van der Waals surface area contributed by atoms with Crippen molar-refractivity contribution in [1.29, 1.82) is 5.26 Å². The van der Waals surface area contributed by atoms with Crippen LogP contribution in [0.25, 0.3) is 22.3 Å². The van der Waals surface area contributed by atoms with Crippen LogP contribution in [0.3, 0.4) is 0 Å². The van der Waals surface area contributed by atoms with Crippen LogP contribution in [0.15, 0.2) is 52.4 Å². The Labute approximate surface area is 152 Å². The average molecular weight is 359 g/mol. The van der Waals surface area contributed by atoms with E-state index in [1.54, 1.807) is 36.8 Å². The lowest BCUT2D eigenvalue weighted by molar-refractivity contribution is 0.655. The molecule has 0 saturated heterocycles. The Hall–Kier alpha value is -4.06. The molecule has 0 bridgehead atoms. The number of fused-ring (bicyclic) bond motifs is 1. The summed E-state index contributed by atoms with van der Waals surface area (Å²) in [5, 5.41) is 16.3. The Morgan fingerprint density at radius 1 is 1.26 bits per heavy atom. The first kappa shape index (κ1) is 16.4. The van der Waals surface area contributed by atoms with Gasteiger partial charge in [-0.1, -0.05) is 0 Å². The van der Waals surface area contributed by atoms with Gasteiger partial charge in [0.25, 0.3) is 11.1 Å². The number of nitrogens with one attached hydrogen (secondary N) is 2. The molecule has 0 unspecified atom stereocenters. The van der Waals surface area contributed by atoms with Gasteiger partial charge in [0.2, 0.25) is 0 Å². The topological polar surface area (TPSA) is 133 Å². The molecular formula is C18H13N7O2. The maximum absolute atomic E-state index is 12.6. The molecule has 0 aromatic carbocycles. The summed E-state index contributed by atoms with van der Waals surface area (Å²) in [5.74, 6) is 1.18. The minimum Gasteiger partial charge on any atom is -0.321 e. The highest BCUT2D eigenvalue weighted by Gasteiger charge is 2.09. The van der Waals surface area contributed by atoms with Crippen LogP contribution >= 0.6 is 0 Å². The maximum atomic E-state index is 12.6. The monoisotopic (exact) mass is 359 g/mol. The second-order valence-electron chi connectivity index (χ2n) is 5.86. The van der Waals surface area contributed by atoms with Gasteiger partial charge in [-0.3, -0.25) is 19.7 Å². The van der Waals surface area contributed by atoms with E-state index < -0.39 is 5.56 Å². The lowest BCUT2D eigenvalue weighted by atomic mass is 10.2. The number of hydrogen-bond acceptors (Lipinski definition) is 6. The Bertz CT molecular complexity index is 1280. The molecule has 0 fully saturated rings. The summed E-state index contributed by atoms with van der Waals surface area (Å²) < 4.78 is 1.51. The van der Waals surface area contributed by atoms with Crippen molar-refractivity contribution in [3.05, 3.63) is 75.0 Å². The van der Waals surface area contributed by atoms with E-state index in [4.69, 9.17) is 5.26 Å². The van der Waals surface area contributed by atoms with Gasteiger partial charge in [0.1, 0.15) is 17.5 Å². The van der Waals surface area contributed by atoms with Crippen LogP contribution in [-0.2, 0) is 13.0 Å². The number of nitrogens with zero attached hydrogens (tertiary/aromatic N) is 5. The van der Waals surface area contributed by atoms with Crippen LogP contribution in [0.2, 0.25) is 0 Å². The predicted octanol–water partition coefficient (Wildman–Crippen LogP) is 0.984. The molecule has 9 nitrogen and oxygen atoms in total. The number of hydrogen-bond donors (Lipinski definition) is 2. The summed E-state index contributed by atoms with van der Waals surface area (Å²) in [6, 6.07) is 8.42. The van der Waals surface area contributed by atoms with Crippen LogP contribution < -0.4 is 11.1 Å². The molecule has 132 valence electrons. The van der Waals surface area contributed by atoms with E-state index in [1.807, 2.05) is 6.07 Å². The number of nitriles is 1. The summed E-state index contributed by atoms with van der Waals surface area (Å²) in [7, 11) is 0. The largest absolute Gasteiger partial charge is 0.321 e. The van der Waals surface area contributed by atoms with Crippen LogP contribution in [0.4, 0.5) is 0 Å². The van der Waals surface area contributed by atoms with Crippen molar-refractivity contribution < 1.29 is 0 Å².